The van der Waals surface area contributed by atoms with Crippen LogP contribution in [0.1, 0.15) is 22.6 Å². The molecule has 1 fully saturated rings. The van der Waals surface area contributed by atoms with Gasteiger partial charge in [-0.2, -0.15) is 5.10 Å². The molecule has 1 N–H and O–H groups in total. The van der Waals surface area contributed by atoms with Crippen molar-refractivity contribution in [1.82, 2.24) is 20.1 Å². The Labute approximate surface area is 144 Å². The molecule has 1 aliphatic heterocycles. The fourth-order valence-electron chi connectivity index (χ4n) is 2.58. The zero-order valence-corrected chi connectivity index (χ0v) is 13.9. The van der Waals surface area contributed by atoms with Gasteiger partial charge < -0.3 is 14.8 Å². The zero-order chi connectivity index (χ0) is 17.6. The van der Waals surface area contributed by atoms with E-state index in [1.54, 1.807) is 6.20 Å². The Bertz CT molecular complexity index is 778. The van der Waals surface area contributed by atoms with Crippen LogP contribution in [0.25, 0.3) is 0 Å². The number of hydrogen-bond acceptors (Lipinski definition) is 6. The molecule has 0 bridgehead atoms. The third-order valence-electron chi connectivity index (χ3n) is 3.99. The summed E-state index contributed by atoms with van der Waals surface area (Å²) in [5.74, 6) is -0.339. The summed E-state index contributed by atoms with van der Waals surface area (Å²) >= 11 is 0. The molecule has 1 aliphatic rings. The van der Waals surface area contributed by atoms with Gasteiger partial charge in [0.25, 0.3) is 11.5 Å². The van der Waals surface area contributed by atoms with Crippen LogP contribution in [0.5, 0.6) is 0 Å². The number of aromatic nitrogens is 3. The second-order valence-electron chi connectivity index (χ2n) is 5.79. The van der Waals surface area contributed by atoms with Crippen LogP contribution in [-0.4, -0.2) is 46.0 Å². The molecule has 1 saturated heterocycles. The highest BCUT2D eigenvalue weighted by Gasteiger charge is 2.28. The first kappa shape index (κ1) is 17.2. The fraction of sp³-hybridized carbons (Fsp3) is 0.412. The molecule has 3 heterocycles. The summed E-state index contributed by atoms with van der Waals surface area (Å²) in [5.41, 5.74) is 0.745. The minimum absolute atomic E-state index is 0.191. The van der Waals surface area contributed by atoms with E-state index in [-0.39, 0.29) is 29.3 Å². The Balaban J connectivity index is 1.63. The average molecular weight is 344 g/mol. The van der Waals surface area contributed by atoms with E-state index in [9.17, 15) is 9.59 Å². The quantitative estimate of drug-likeness (QED) is 0.837. The van der Waals surface area contributed by atoms with Gasteiger partial charge in [0.2, 0.25) is 0 Å². The van der Waals surface area contributed by atoms with Gasteiger partial charge in [-0.3, -0.25) is 14.6 Å². The van der Waals surface area contributed by atoms with Crippen LogP contribution in [0.4, 0.5) is 0 Å². The maximum atomic E-state index is 12.4. The van der Waals surface area contributed by atoms with E-state index < -0.39 is 0 Å². The summed E-state index contributed by atoms with van der Waals surface area (Å²) in [7, 11) is 1.51. The third kappa shape index (κ3) is 4.49. The van der Waals surface area contributed by atoms with Crippen molar-refractivity contribution in [2.24, 2.45) is 7.05 Å². The van der Waals surface area contributed by atoms with Gasteiger partial charge in [-0.15, -0.1) is 0 Å². The molecule has 0 aromatic carbocycles. The van der Waals surface area contributed by atoms with Gasteiger partial charge in [0.1, 0.15) is 11.8 Å². The predicted octanol–water partition coefficient (Wildman–Crippen LogP) is 0.279. The minimum Gasteiger partial charge on any atom is -0.379 e. The molecule has 0 unspecified atom stereocenters. The first-order valence-corrected chi connectivity index (χ1v) is 8.08. The van der Waals surface area contributed by atoms with Gasteiger partial charge in [-0.1, -0.05) is 6.07 Å². The Morgan fingerprint density at radius 2 is 2.28 bits per heavy atom. The van der Waals surface area contributed by atoms with Crippen molar-refractivity contribution in [2.75, 3.05) is 13.2 Å². The summed E-state index contributed by atoms with van der Waals surface area (Å²) in [4.78, 5) is 28.0. The van der Waals surface area contributed by atoms with Crippen LogP contribution in [0.15, 0.2) is 41.3 Å². The van der Waals surface area contributed by atoms with Crippen molar-refractivity contribution in [3.63, 3.8) is 0 Å². The molecule has 2 aromatic rings. The lowest BCUT2D eigenvalue weighted by Crippen LogP contribution is -2.50. The van der Waals surface area contributed by atoms with Crippen molar-refractivity contribution >= 4 is 5.91 Å². The normalized spacial score (nSPS) is 20.2. The van der Waals surface area contributed by atoms with Gasteiger partial charge >= 0.3 is 0 Å². The number of amides is 1. The van der Waals surface area contributed by atoms with Gasteiger partial charge in [0, 0.05) is 25.9 Å². The second-order valence-corrected chi connectivity index (χ2v) is 5.79. The summed E-state index contributed by atoms with van der Waals surface area (Å²) in [5, 5.41) is 6.89. The van der Waals surface area contributed by atoms with Crippen molar-refractivity contribution in [3.8, 4) is 0 Å². The van der Waals surface area contributed by atoms with Crippen LogP contribution in [0.3, 0.4) is 0 Å². The molecule has 1 amide bonds. The van der Waals surface area contributed by atoms with E-state index in [2.05, 4.69) is 15.4 Å². The number of aryl methyl sites for hydroxylation is 1. The molecule has 0 aliphatic carbocycles. The minimum atomic E-state index is -0.339. The number of rotatable bonds is 5. The molecule has 2 aromatic heterocycles. The summed E-state index contributed by atoms with van der Waals surface area (Å²) in [6.45, 7) is 1.30. The van der Waals surface area contributed by atoms with E-state index in [1.165, 1.54) is 19.2 Å². The first-order chi connectivity index (χ1) is 12.1. The number of ether oxygens (including phenoxy) is 2. The molecule has 8 heteroatoms. The predicted molar refractivity (Wildman–Crippen MR) is 89.0 cm³/mol. The number of nitrogens with zero attached hydrogens (tertiary/aromatic N) is 3. The third-order valence-corrected chi connectivity index (χ3v) is 3.99. The highest BCUT2D eigenvalue weighted by molar-refractivity contribution is 5.92. The second kappa shape index (κ2) is 8.00. The maximum absolute atomic E-state index is 12.4. The van der Waals surface area contributed by atoms with E-state index in [0.717, 1.165) is 10.4 Å². The number of carbonyl (C=O) groups excluding carboxylic acids is 1. The average Bonchev–Trinajstić information content (AvgIpc) is 2.64. The van der Waals surface area contributed by atoms with Gasteiger partial charge in [-0.05, 0) is 24.6 Å². The van der Waals surface area contributed by atoms with Crippen LogP contribution in [0, 0.1) is 0 Å². The van der Waals surface area contributed by atoms with Crippen LogP contribution < -0.4 is 10.9 Å². The molecule has 25 heavy (non-hydrogen) atoms. The van der Waals surface area contributed by atoms with Crippen molar-refractivity contribution in [1.29, 1.82) is 0 Å². The summed E-state index contributed by atoms with van der Waals surface area (Å²) in [6, 6.07) is 8.17. The van der Waals surface area contributed by atoms with E-state index in [0.29, 0.717) is 26.2 Å². The molecule has 0 saturated carbocycles. The molecule has 8 nitrogen and oxygen atoms in total. The number of carbonyl (C=O) groups is 1. The molecule has 3 rings (SSSR count). The molecule has 0 radical (unpaired) electrons. The lowest BCUT2D eigenvalue weighted by Gasteiger charge is -2.31. The highest BCUT2D eigenvalue weighted by Crippen LogP contribution is 2.14. The number of nitrogens with one attached hydrogen (secondary N) is 1. The lowest BCUT2D eigenvalue weighted by molar-refractivity contribution is -0.0743. The molecule has 132 valence electrons. The van der Waals surface area contributed by atoms with E-state index >= 15 is 0 Å². The van der Waals surface area contributed by atoms with Gasteiger partial charge in [0.15, 0.2) is 0 Å². The Hall–Kier alpha value is -2.58. The Kier molecular flexibility index (Phi) is 5.52. The maximum Gasteiger partial charge on any atom is 0.272 e. The summed E-state index contributed by atoms with van der Waals surface area (Å²) < 4.78 is 12.5. The van der Waals surface area contributed by atoms with Crippen LogP contribution in [-0.2, 0) is 23.1 Å². The van der Waals surface area contributed by atoms with Gasteiger partial charge in [-0.25, -0.2) is 4.68 Å². The van der Waals surface area contributed by atoms with Crippen molar-refractivity contribution < 1.29 is 14.3 Å². The Morgan fingerprint density at radius 1 is 1.40 bits per heavy atom. The number of pyridine rings is 1. The lowest BCUT2D eigenvalue weighted by atomic mass is 10.1. The van der Waals surface area contributed by atoms with E-state index in [1.807, 2.05) is 18.2 Å². The standard InChI is InChI=1S/C17H20N4O4/c1-21-16(22)6-5-14(20-21)17(23)19-13-7-9-24-11-15(13)25-10-12-4-2-3-8-18-12/h2-6,8,13,15H,7,9-11H2,1H3,(H,19,23)/t13-,15-/m1/s1. The first-order valence-electron chi connectivity index (χ1n) is 8.08. The zero-order valence-electron chi connectivity index (χ0n) is 13.9. The van der Waals surface area contributed by atoms with Crippen molar-refractivity contribution in [2.45, 2.75) is 25.2 Å². The molecule has 0 spiro atoms. The molecular formula is C17H20N4O4. The van der Waals surface area contributed by atoms with Crippen LogP contribution in [0.2, 0.25) is 0 Å². The largest absolute Gasteiger partial charge is 0.379 e. The van der Waals surface area contributed by atoms with Crippen molar-refractivity contribution in [3.05, 3.63) is 58.3 Å². The fourth-order valence-corrected chi connectivity index (χ4v) is 2.58. The van der Waals surface area contributed by atoms with E-state index in [4.69, 9.17) is 9.47 Å². The smallest absolute Gasteiger partial charge is 0.272 e. The topological polar surface area (TPSA) is 95.3 Å². The monoisotopic (exact) mass is 344 g/mol. The molecular weight excluding hydrogens is 324 g/mol. The van der Waals surface area contributed by atoms with Gasteiger partial charge in [0.05, 0.1) is 24.9 Å². The number of hydrogen-bond donors (Lipinski definition) is 1. The highest BCUT2D eigenvalue weighted by atomic mass is 16.5. The summed E-state index contributed by atoms with van der Waals surface area (Å²) in [6.07, 6.45) is 2.08. The van der Waals surface area contributed by atoms with Crippen LogP contribution >= 0.6 is 0 Å². The molecule has 2 atom stereocenters. The Morgan fingerprint density at radius 3 is 3.04 bits per heavy atom. The SMILES string of the molecule is Cn1nc(C(=O)N[C@@H]2CCOC[C@H]2OCc2ccccn2)ccc1=O.